The number of ether oxygens (including phenoxy) is 3. The third kappa shape index (κ3) is 6.72. The molecule has 0 fully saturated rings. The molecule has 0 radical (unpaired) electrons. The average molecular weight is 640 g/mol. The number of thioether (sulfide) groups is 1. The molecule has 2 aromatic carbocycles. The number of nitro benzene ring substituents is 1. The molecule has 1 atom stereocenters. The Bertz CT molecular complexity index is 1380. The van der Waals surface area contributed by atoms with Crippen molar-refractivity contribution in [3.63, 3.8) is 0 Å². The molecule has 1 aliphatic rings. The second-order valence-electron chi connectivity index (χ2n) is 7.92. The number of anilines is 1. The zero-order valence-corrected chi connectivity index (χ0v) is 23.9. The van der Waals surface area contributed by atoms with E-state index in [1.807, 2.05) is 5.38 Å². The molecule has 1 aliphatic heterocycles. The number of non-ortho nitro benzene ring substituents is 1. The number of rotatable bonds is 11. The third-order valence-corrected chi connectivity index (χ3v) is 8.13. The Labute approximate surface area is 239 Å². The lowest BCUT2D eigenvalue weighted by Crippen LogP contribution is -2.36. The van der Waals surface area contributed by atoms with Gasteiger partial charge in [-0.05, 0) is 33.2 Å². The molecule has 0 bridgehead atoms. The number of carbonyl (C=O) groups is 1. The van der Waals surface area contributed by atoms with Crippen LogP contribution < -0.4 is 10.1 Å². The van der Waals surface area contributed by atoms with Crippen molar-refractivity contribution in [1.82, 2.24) is 4.98 Å². The van der Waals surface area contributed by atoms with E-state index in [9.17, 15) is 20.0 Å². The molecule has 1 aromatic heterocycles. The van der Waals surface area contributed by atoms with Gasteiger partial charge in [-0.2, -0.15) is 11.8 Å². The summed E-state index contributed by atoms with van der Waals surface area (Å²) in [5, 5.41) is 31.3. The first-order valence-corrected chi connectivity index (χ1v) is 14.2. The summed E-state index contributed by atoms with van der Waals surface area (Å²) in [6.45, 7) is 0.674. The number of phenols is 1. The molecule has 0 saturated heterocycles. The van der Waals surface area contributed by atoms with Gasteiger partial charge < -0.3 is 29.5 Å². The van der Waals surface area contributed by atoms with Crippen LogP contribution in [0.5, 0.6) is 11.5 Å². The Morgan fingerprint density at radius 3 is 2.74 bits per heavy atom. The lowest BCUT2D eigenvalue weighted by molar-refractivity contribution is -0.384. The van der Waals surface area contributed by atoms with Gasteiger partial charge in [-0.1, -0.05) is 0 Å². The summed E-state index contributed by atoms with van der Waals surface area (Å²) in [5.74, 6) is 0.603. The Kier molecular flexibility index (Phi) is 9.48. The number of nitro groups is 1. The van der Waals surface area contributed by atoms with Crippen LogP contribution in [0.2, 0.25) is 0 Å². The molecule has 39 heavy (non-hydrogen) atoms. The fourth-order valence-corrected chi connectivity index (χ4v) is 6.11. The van der Waals surface area contributed by atoms with Crippen molar-refractivity contribution in [2.45, 2.75) is 11.8 Å². The van der Waals surface area contributed by atoms with Gasteiger partial charge in [0.05, 0.1) is 34.9 Å². The molecule has 12 nitrogen and oxygen atoms in total. The van der Waals surface area contributed by atoms with Gasteiger partial charge in [-0.15, -0.1) is 11.3 Å². The van der Waals surface area contributed by atoms with E-state index in [0.29, 0.717) is 51.5 Å². The summed E-state index contributed by atoms with van der Waals surface area (Å²) in [6, 6.07) is 7.13. The van der Waals surface area contributed by atoms with Crippen LogP contribution in [0.4, 0.5) is 10.8 Å². The maximum absolute atomic E-state index is 12.5. The molecular weight excluding hydrogens is 616 g/mol. The number of aromatic nitrogens is 1. The second-order valence-corrected chi connectivity index (χ2v) is 10.6. The number of hydrogen-bond donors (Lipinski definition) is 2. The fourth-order valence-electron chi connectivity index (χ4n) is 3.58. The zero-order valence-electron chi connectivity index (χ0n) is 20.7. The number of aromatic hydroxyl groups is 1. The summed E-state index contributed by atoms with van der Waals surface area (Å²) in [6.07, 6.45) is 0. The van der Waals surface area contributed by atoms with Crippen molar-refractivity contribution in [3.05, 3.63) is 61.4 Å². The highest BCUT2D eigenvalue weighted by Gasteiger charge is 2.26. The molecule has 0 aliphatic carbocycles. The molecule has 4 rings (SSSR count). The summed E-state index contributed by atoms with van der Waals surface area (Å²) in [4.78, 5) is 32.8. The normalized spacial score (nSPS) is 13.5. The SMILES string of the molecule is COC(=O)c1c(Br)c(OC)cc(O)c1CSC[C@@H](Nc1nc(-c2ccc([N+](=O)[O-])cc2)cs1)C1=NOCCO1. The molecular formula is C24H23BrN4O8S2. The third-order valence-electron chi connectivity index (χ3n) is 5.51. The van der Waals surface area contributed by atoms with Crippen molar-refractivity contribution in [1.29, 1.82) is 0 Å². The van der Waals surface area contributed by atoms with Crippen molar-refractivity contribution in [2.24, 2.45) is 5.16 Å². The van der Waals surface area contributed by atoms with Crippen molar-refractivity contribution in [3.8, 4) is 22.8 Å². The number of methoxy groups -OCH3 is 2. The Morgan fingerprint density at radius 2 is 2.10 bits per heavy atom. The average Bonchev–Trinajstić information content (AvgIpc) is 3.42. The summed E-state index contributed by atoms with van der Waals surface area (Å²) in [5.41, 5.74) is 1.95. The minimum absolute atomic E-state index is 0.00200. The largest absolute Gasteiger partial charge is 0.507 e. The van der Waals surface area contributed by atoms with Crippen molar-refractivity contribution in [2.75, 3.05) is 38.5 Å². The first-order chi connectivity index (χ1) is 18.8. The highest BCUT2D eigenvalue weighted by atomic mass is 79.9. The van der Waals surface area contributed by atoms with Crippen molar-refractivity contribution < 1.29 is 33.9 Å². The summed E-state index contributed by atoms with van der Waals surface area (Å²) >= 11 is 6.15. The van der Waals surface area contributed by atoms with Gasteiger partial charge in [-0.25, -0.2) is 9.78 Å². The predicted octanol–water partition coefficient (Wildman–Crippen LogP) is 5.06. The Morgan fingerprint density at radius 1 is 1.33 bits per heavy atom. The van der Waals surface area contributed by atoms with Crippen LogP contribution in [0.3, 0.4) is 0 Å². The summed E-state index contributed by atoms with van der Waals surface area (Å²) < 4.78 is 16.3. The van der Waals surface area contributed by atoms with Gasteiger partial charge >= 0.3 is 5.97 Å². The molecule has 206 valence electrons. The fraction of sp³-hybridized carbons (Fsp3) is 0.292. The maximum atomic E-state index is 12.5. The van der Waals surface area contributed by atoms with Gasteiger partial charge in [-0.3, -0.25) is 10.1 Å². The number of nitrogens with zero attached hydrogens (tertiary/aromatic N) is 3. The van der Waals surface area contributed by atoms with E-state index in [4.69, 9.17) is 19.0 Å². The Balaban J connectivity index is 1.51. The second kappa shape index (κ2) is 13.0. The van der Waals surface area contributed by atoms with Gasteiger partial charge in [0.2, 0.25) is 5.90 Å². The van der Waals surface area contributed by atoms with Crippen LogP contribution in [0.15, 0.2) is 45.3 Å². The molecule has 0 unspecified atom stereocenters. The highest BCUT2D eigenvalue weighted by molar-refractivity contribution is 9.10. The molecule has 0 spiro atoms. The number of oxime groups is 1. The van der Waals surface area contributed by atoms with Gasteiger partial charge in [0.1, 0.15) is 24.1 Å². The minimum atomic E-state index is -0.615. The number of phenolic OH excluding ortho intramolecular Hbond substituents is 1. The first kappa shape index (κ1) is 28.4. The number of halogens is 1. The van der Waals surface area contributed by atoms with E-state index in [2.05, 4.69) is 31.4 Å². The van der Waals surface area contributed by atoms with E-state index in [0.717, 1.165) is 5.56 Å². The van der Waals surface area contributed by atoms with Crippen LogP contribution in [0, 0.1) is 10.1 Å². The number of benzene rings is 2. The lowest BCUT2D eigenvalue weighted by atomic mass is 10.1. The zero-order chi connectivity index (χ0) is 27.9. The standard InChI is InChI=1S/C24H23BrN4O8S2/c1-34-19-9-18(30)15(20(21(19)25)23(31)35-2)10-38-11-17(22-28-37-8-7-36-22)27-24-26-16(12-39-24)13-3-5-14(6-4-13)29(32)33/h3-6,9,12,17,30H,7-8,10-11H2,1-2H3,(H,26,27)/t17-/m1/s1. The number of hydrogen-bond acceptors (Lipinski definition) is 13. The van der Waals surface area contributed by atoms with Crippen LogP contribution in [-0.2, 0) is 20.1 Å². The molecule has 2 N–H and O–H groups in total. The number of thiazole rings is 1. The number of carbonyl (C=O) groups excluding carboxylic acids is 1. The molecule has 3 aromatic rings. The smallest absolute Gasteiger partial charge is 0.339 e. The summed E-state index contributed by atoms with van der Waals surface area (Å²) in [7, 11) is 2.70. The maximum Gasteiger partial charge on any atom is 0.339 e. The lowest BCUT2D eigenvalue weighted by Gasteiger charge is -2.22. The van der Waals surface area contributed by atoms with Crippen LogP contribution >= 0.6 is 39.0 Å². The molecule has 0 amide bonds. The van der Waals surface area contributed by atoms with Gasteiger partial charge in [0.15, 0.2) is 11.7 Å². The highest BCUT2D eigenvalue weighted by Crippen LogP contribution is 2.39. The molecule has 2 heterocycles. The quantitative estimate of drug-likeness (QED) is 0.164. The molecule has 0 saturated carbocycles. The van der Waals surface area contributed by atoms with Crippen LogP contribution in [0.1, 0.15) is 15.9 Å². The van der Waals surface area contributed by atoms with Gasteiger partial charge in [0, 0.05) is 46.2 Å². The predicted molar refractivity (Wildman–Crippen MR) is 151 cm³/mol. The van der Waals surface area contributed by atoms with Gasteiger partial charge in [0.25, 0.3) is 5.69 Å². The number of nitrogens with one attached hydrogen (secondary N) is 1. The minimum Gasteiger partial charge on any atom is -0.507 e. The van der Waals surface area contributed by atoms with E-state index >= 15 is 0 Å². The Hall–Kier alpha value is -3.56. The monoisotopic (exact) mass is 638 g/mol. The van der Waals surface area contributed by atoms with E-state index < -0.39 is 16.9 Å². The van der Waals surface area contributed by atoms with E-state index in [1.165, 1.54) is 55.5 Å². The number of esters is 1. The first-order valence-electron chi connectivity index (χ1n) is 11.4. The molecule has 15 heteroatoms. The van der Waals surface area contributed by atoms with Crippen molar-refractivity contribution >= 4 is 61.7 Å². The topological polar surface area (TPSA) is 155 Å². The van der Waals surface area contributed by atoms with Crippen LogP contribution in [0.25, 0.3) is 11.3 Å². The van der Waals surface area contributed by atoms with E-state index in [1.54, 1.807) is 12.1 Å². The van der Waals surface area contributed by atoms with E-state index in [-0.39, 0.29) is 22.8 Å². The van der Waals surface area contributed by atoms with Crippen LogP contribution in [-0.4, -0.2) is 66.1 Å².